The van der Waals surface area contributed by atoms with E-state index >= 15 is 0 Å². The largest absolute Gasteiger partial charge is 0.476 e. The molecule has 0 saturated carbocycles. The van der Waals surface area contributed by atoms with E-state index in [1.807, 2.05) is 6.92 Å². The van der Waals surface area contributed by atoms with Gasteiger partial charge in [-0.15, -0.1) is 0 Å². The monoisotopic (exact) mass is 247 g/mol. The second-order valence-electron chi connectivity index (χ2n) is 3.58. The number of aryl methyl sites for hydroxylation is 1. The minimum atomic E-state index is -0.385. The maximum absolute atomic E-state index is 11.9. The maximum atomic E-state index is 11.9. The van der Waals surface area contributed by atoms with E-state index < -0.39 is 0 Å². The molecule has 0 bridgehead atoms. The number of anilines is 1. The Morgan fingerprint density at radius 1 is 1.56 bits per heavy atom. The number of hydrogen-bond acceptors (Lipinski definition) is 5. The van der Waals surface area contributed by atoms with Crippen molar-refractivity contribution in [3.8, 4) is 5.88 Å². The summed E-state index contributed by atoms with van der Waals surface area (Å²) in [5.41, 5.74) is 1.15. The van der Waals surface area contributed by atoms with E-state index in [-0.39, 0.29) is 11.7 Å². The van der Waals surface area contributed by atoms with Crippen molar-refractivity contribution >= 4 is 11.6 Å². The highest BCUT2D eigenvalue weighted by Gasteiger charge is 2.14. The van der Waals surface area contributed by atoms with Gasteiger partial charge in [-0.25, -0.2) is 4.98 Å². The van der Waals surface area contributed by atoms with Crippen LogP contribution in [0.2, 0.25) is 0 Å². The van der Waals surface area contributed by atoms with Gasteiger partial charge in [0, 0.05) is 12.3 Å². The highest BCUT2D eigenvalue weighted by molar-refractivity contribution is 6.02. The molecule has 1 amide bonds. The molecule has 1 N–H and O–H groups in total. The second kappa shape index (κ2) is 5.31. The summed E-state index contributed by atoms with van der Waals surface area (Å²) in [5, 5.41) is 6.32. The number of hydrogen-bond donors (Lipinski definition) is 1. The van der Waals surface area contributed by atoms with Gasteiger partial charge in [-0.2, -0.15) is 0 Å². The number of nitrogens with one attached hydrogen (secondary N) is 1. The summed E-state index contributed by atoms with van der Waals surface area (Å²) in [5.74, 6) is 0.146. The molecule has 94 valence electrons. The summed E-state index contributed by atoms with van der Waals surface area (Å²) in [6.07, 6.45) is 1.60. The van der Waals surface area contributed by atoms with Gasteiger partial charge < -0.3 is 14.6 Å². The van der Waals surface area contributed by atoms with Crippen molar-refractivity contribution in [2.24, 2.45) is 0 Å². The first-order chi connectivity index (χ1) is 8.70. The van der Waals surface area contributed by atoms with Crippen LogP contribution in [0.15, 0.2) is 28.9 Å². The molecule has 0 unspecified atom stereocenters. The minimum Gasteiger partial charge on any atom is -0.476 e. The molecule has 2 aromatic rings. The van der Waals surface area contributed by atoms with Gasteiger partial charge >= 0.3 is 0 Å². The zero-order chi connectivity index (χ0) is 13.0. The number of carbonyl (C=O) groups is 1. The normalized spacial score (nSPS) is 10.1. The van der Waals surface area contributed by atoms with Crippen LogP contribution in [0.25, 0.3) is 0 Å². The molecule has 0 aliphatic heterocycles. The predicted molar refractivity (Wildman–Crippen MR) is 64.6 cm³/mol. The van der Waals surface area contributed by atoms with Gasteiger partial charge in [-0.1, -0.05) is 5.16 Å². The lowest BCUT2D eigenvalue weighted by Gasteiger charge is -2.08. The lowest BCUT2D eigenvalue weighted by atomic mass is 10.3. The molecule has 18 heavy (non-hydrogen) atoms. The quantitative estimate of drug-likeness (QED) is 0.894. The van der Waals surface area contributed by atoms with Gasteiger partial charge in [0.15, 0.2) is 0 Å². The van der Waals surface area contributed by atoms with E-state index in [1.54, 1.807) is 31.3 Å². The summed E-state index contributed by atoms with van der Waals surface area (Å²) in [7, 11) is 0. The van der Waals surface area contributed by atoms with Gasteiger partial charge in [0.1, 0.15) is 5.69 Å². The zero-order valence-electron chi connectivity index (χ0n) is 10.1. The number of nitrogens with zero attached hydrogens (tertiary/aromatic N) is 2. The first kappa shape index (κ1) is 12.1. The highest BCUT2D eigenvalue weighted by atomic mass is 16.5. The number of carbonyl (C=O) groups excluding carboxylic acids is 1. The lowest BCUT2D eigenvalue weighted by Crippen LogP contribution is -2.12. The van der Waals surface area contributed by atoms with Crippen molar-refractivity contribution in [1.82, 2.24) is 10.1 Å². The zero-order valence-corrected chi connectivity index (χ0v) is 10.1. The summed E-state index contributed by atoms with van der Waals surface area (Å²) in [6.45, 7) is 4.07. The third kappa shape index (κ3) is 2.65. The Labute approximate surface area is 104 Å². The first-order valence-corrected chi connectivity index (χ1v) is 5.53. The molecule has 6 nitrogen and oxygen atoms in total. The van der Waals surface area contributed by atoms with Crippen LogP contribution in [-0.2, 0) is 0 Å². The average molecular weight is 247 g/mol. The second-order valence-corrected chi connectivity index (χ2v) is 3.58. The van der Waals surface area contributed by atoms with Crippen LogP contribution < -0.4 is 10.1 Å². The molecule has 0 saturated heterocycles. The average Bonchev–Trinajstić information content (AvgIpc) is 2.79. The molecule has 2 aromatic heterocycles. The van der Waals surface area contributed by atoms with Crippen LogP contribution in [0.4, 0.5) is 5.69 Å². The molecular weight excluding hydrogens is 234 g/mol. The Morgan fingerprint density at radius 2 is 2.39 bits per heavy atom. The van der Waals surface area contributed by atoms with E-state index in [0.29, 0.717) is 23.9 Å². The molecule has 0 radical (unpaired) electrons. The SMILES string of the molecule is CCOc1ncccc1NC(=O)c1cc(C)no1. The van der Waals surface area contributed by atoms with E-state index in [0.717, 1.165) is 0 Å². The molecule has 0 aliphatic rings. The Kier molecular flexibility index (Phi) is 3.57. The van der Waals surface area contributed by atoms with Crippen molar-refractivity contribution in [3.63, 3.8) is 0 Å². The maximum Gasteiger partial charge on any atom is 0.294 e. The van der Waals surface area contributed by atoms with E-state index in [9.17, 15) is 4.79 Å². The van der Waals surface area contributed by atoms with Crippen molar-refractivity contribution in [2.75, 3.05) is 11.9 Å². The molecule has 0 aliphatic carbocycles. The minimum absolute atomic E-state index is 0.152. The summed E-state index contributed by atoms with van der Waals surface area (Å²) >= 11 is 0. The fourth-order valence-corrected chi connectivity index (χ4v) is 1.39. The third-order valence-corrected chi connectivity index (χ3v) is 2.15. The summed E-state index contributed by atoms with van der Waals surface area (Å²) in [4.78, 5) is 15.9. The van der Waals surface area contributed by atoms with E-state index in [1.165, 1.54) is 0 Å². The van der Waals surface area contributed by atoms with Crippen LogP contribution in [-0.4, -0.2) is 22.7 Å². The van der Waals surface area contributed by atoms with Gasteiger partial charge in [0.05, 0.1) is 12.3 Å². The van der Waals surface area contributed by atoms with Gasteiger partial charge in [0.25, 0.3) is 5.91 Å². The standard InChI is InChI=1S/C12H13N3O3/c1-3-17-12-9(5-4-6-13-12)14-11(16)10-7-8(2)15-18-10/h4-7H,3H2,1-2H3,(H,14,16). The summed E-state index contributed by atoms with van der Waals surface area (Å²) < 4.78 is 10.2. The number of amides is 1. The Hall–Kier alpha value is -2.37. The van der Waals surface area contributed by atoms with Crippen LogP contribution in [0.5, 0.6) is 5.88 Å². The molecule has 0 fully saturated rings. The van der Waals surface area contributed by atoms with Crippen LogP contribution in [0.1, 0.15) is 23.2 Å². The first-order valence-electron chi connectivity index (χ1n) is 5.53. The van der Waals surface area contributed by atoms with Gasteiger partial charge in [0.2, 0.25) is 11.6 Å². The van der Waals surface area contributed by atoms with E-state index in [4.69, 9.17) is 9.26 Å². The van der Waals surface area contributed by atoms with Gasteiger partial charge in [-0.05, 0) is 26.0 Å². The molecule has 0 atom stereocenters. The summed E-state index contributed by atoms with van der Waals surface area (Å²) in [6, 6.07) is 4.98. The van der Waals surface area contributed by atoms with Crippen molar-refractivity contribution < 1.29 is 14.1 Å². The third-order valence-electron chi connectivity index (χ3n) is 2.15. The van der Waals surface area contributed by atoms with Crippen LogP contribution in [0.3, 0.4) is 0 Å². The molecule has 0 spiro atoms. The molecule has 2 rings (SSSR count). The van der Waals surface area contributed by atoms with Crippen molar-refractivity contribution in [1.29, 1.82) is 0 Å². The Morgan fingerprint density at radius 3 is 3.06 bits per heavy atom. The topological polar surface area (TPSA) is 77.2 Å². The smallest absolute Gasteiger partial charge is 0.294 e. The Bertz CT molecular complexity index is 551. The number of pyridine rings is 1. The number of rotatable bonds is 4. The van der Waals surface area contributed by atoms with Crippen molar-refractivity contribution in [2.45, 2.75) is 13.8 Å². The fourth-order valence-electron chi connectivity index (χ4n) is 1.39. The van der Waals surface area contributed by atoms with E-state index in [2.05, 4.69) is 15.5 Å². The van der Waals surface area contributed by atoms with Crippen molar-refractivity contribution in [3.05, 3.63) is 35.9 Å². The molecular formula is C12H13N3O3. The van der Waals surface area contributed by atoms with Crippen LogP contribution in [0, 0.1) is 6.92 Å². The number of ether oxygens (including phenoxy) is 1. The lowest BCUT2D eigenvalue weighted by molar-refractivity contribution is 0.0987. The predicted octanol–water partition coefficient (Wildman–Crippen LogP) is 2.03. The molecule has 2 heterocycles. The fraction of sp³-hybridized carbons (Fsp3) is 0.250. The molecule has 6 heteroatoms. The number of aromatic nitrogens is 2. The Balaban J connectivity index is 2.16. The highest BCUT2D eigenvalue weighted by Crippen LogP contribution is 2.21. The van der Waals surface area contributed by atoms with Crippen LogP contribution >= 0.6 is 0 Å². The molecule has 0 aromatic carbocycles. The van der Waals surface area contributed by atoms with Gasteiger partial charge in [-0.3, -0.25) is 4.79 Å².